The Morgan fingerprint density at radius 2 is 1.95 bits per heavy atom. The summed E-state index contributed by atoms with van der Waals surface area (Å²) in [4.78, 5) is 14.5. The Morgan fingerprint density at radius 3 is 2.55 bits per heavy atom. The zero-order valence-corrected chi connectivity index (χ0v) is 12.1. The van der Waals surface area contributed by atoms with Crippen LogP contribution in [-0.4, -0.2) is 21.1 Å². The number of imidazole rings is 1. The van der Waals surface area contributed by atoms with Gasteiger partial charge in [-0.25, -0.2) is 8.78 Å². The lowest BCUT2D eigenvalue weighted by Gasteiger charge is -2.19. The highest BCUT2D eigenvalue weighted by Crippen LogP contribution is 2.19. The summed E-state index contributed by atoms with van der Waals surface area (Å²) in [6, 6.07) is 2.01. The minimum atomic E-state index is -0.996. The van der Waals surface area contributed by atoms with E-state index >= 15 is 0 Å². The fourth-order valence-electron chi connectivity index (χ4n) is 1.81. The van der Waals surface area contributed by atoms with E-state index < -0.39 is 23.2 Å². The topological polar surface area (TPSA) is 47.0 Å². The molecule has 0 aliphatic heterocycles. The average molecular weight is 300 g/mol. The Balaban J connectivity index is 2.40. The number of carbonyl (C=O) groups is 1. The second kappa shape index (κ2) is 4.97. The van der Waals surface area contributed by atoms with Crippen molar-refractivity contribution in [1.29, 1.82) is 0 Å². The highest BCUT2D eigenvalue weighted by atomic mass is 32.1. The molecule has 0 saturated carbocycles. The molecule has 0 fully saturated rings. The SMILES string of the molecule is CC(C)(C)OC(=O)Cn1c(=S)[nH]c2cc(F)c(F)cc21. The molecule has 0 unspecified atom stereocenters. The molecule has 0 spiro atoms. The molecule has 0 atom stereocenters. The van der Waals surface area contributed by atoms with Crippen molar-refractivity contribution < 1.29 is 18.3 Å². The van der Waals surface area contributed by atoms with Gasteiger partial charge in [0.15, 0.2) is 16.4 Å². The average Bonchev–Trinajstić information content (AvgIpc) is 2.54. The second-order valence-electron chi connectivity index (χ2n) is 5.39. The second-order valence-corrected chi connectivity index (χ2v) is 5.77. The number of hydrogen-bond donors (Lipinski definition) is 1. The number of H-pyrrole nitrogens is 1. The van der Waals surface area contributed by atoms with E-state index in [4.69, 9.17) is 17.0 Å². The number of halogens is 2. The highest BCUT2D eigenvalue weighted by molar-refractivity contribution is 7.71. The van der Waals surface area contributed by atoms with Crippen LogP contribution in [0.1, 0.15) is 20.8 Å². The first-order chi connectivity index (χ1) is 9.17. The van der Waals surface area contributed by atoms with Crippen molar-refractivity contribution in [3.8, 4) is 0 Å². The number of rotatable bonds is 2. The summed E-state index contributed by atoms with van der Waals surface area (Å²) >= 11 is 5.05. The van der Waals surface area contributed by atoms with Crippen LogP contribution in [0.4, 0.5) is 8.78 Å². The molecule has 1 aromatic heterocycles. The molecule has 1 heterocycles. The third-order valence-electron chi connectivity index (χ3n) is 2.52. The number of nitrogens with one attached hydrogen (secondary N) is 1. The van der Waals surface area contributed by atoms with Gasteiger partial charge < -0.3 is 14.3 Å². The summed E-state index contributed by atoms with van der Waals surface area (Å²) in [6.45, 7) is 5.07. The van der Waals surface area contributed by atoms with Crippen LogP contribution in [0.5, 0.6) is 0 Å². The first-order valence-corrected chi connectivity index (χ1v) is 6.37. The number of aromatic nitrogens is 2. The van der Waals surface area contributed by atoms with E-state index in [0.717, 1.165) is 12.1 Å². The van der Waals surface area contributed by atoms with E-state index in [1.165, 1.54) is 4.57 Å². The number of fused-ring (bicyclic) bond motifs is 1. The molecule has 7 heteroatoms. The third-order valence-corrected chi connectivity index (χ3v) is 2.85. The number of carbonyl (C=O) groups excluding carboxylic acids is 1. The van der Waals surface area contributed by atoms with E-state index in [1.807, 2.05) is 0 Å². The first-order valence-electron chi connectivity index (χ1n) is 5.97. The Kier molecular flexibility index (Phi) is 3.64. The largest absolute Gasteiger partial charge is 0.459 e. The van der Waals surface area contributed by atoms with E-state index in [9.17, 15) is 13.6 Å². The van der Waals surface area contributed by atoms with Gasteiger partial charge in [0.05, 0.1) is 11.0 Å². The number of hydrogen-bond acceptors (Lipinski definition) is 3. The molecule has 4 nitrogen and oxygen atoms in total. The van der Waals surface area contributed by atoms with E-state index in [-0.39, 0.29) is 11.3 Å². The van der Waals surface area contributed by atoms with Crippen LogP contribution in [0.2, 0.25) is 0 Å². The van der Waals surface area contributed by atoms with Crippen LogP contribution in [0.25, 0.3) is 11.0 Å². The number of nitrogens with zero attached hydrogens (tertiary/aromatic N) is 1. The summed E-state index contributed by atoms with van der Waals surface area (Å²) in [6.07, 6.45) is 0. The Morgan fingerprint density at radius 1 is 1.35 bits per heavy atom. The lowest BCUT2D eigenvalue weighted by atomic mass is 10.2. The van der Waals surface area contributed by atoms with Crippen molar-refractivity contribution >= 4 is 29.2 Å². The normalized spacial score (nSPS) is 11.8. The molecule has 108 valence electrons. The van der Waals surface area contributed by atoms with Gasteiger partial charge in [0, 0.05) is 12.1 Å². The molecule has 20 heavy (non-hydrogen) atoms. The van der Waals surface area contributed by atoms with Crippen LogP contribution in [0, 0.1) is 16.4 Å². The van der Waals surface area contributed by atoms with Crippen LogP contribution < -0.4 is 0 Å². The molecule has 1 N–H and O–H groups in total. The van der Waals surface area contributed by atoms with Gasteiger partial charge in [-0.05, 0) is 33.0 Å². The smallest absolute Gasteiger partial charge is 0.326 e. The summed E-state index contributed by atoms with van der Waals surface area (Å²) in [7, 11) is 0. The quantitative estimate of drug-likeness (QED) is 0.683. The molecular formula is C13H14F2N2O2S. The zero-order chi connectivity index (χ0) is 15.1. The molecule has 0 bridgehead atoms. The van der Waals surface area contributed by atoms with Crippen molar-refractivity contribution in [1.82, 2.24) is 9.55 Å². The third kappa shape index (κ3) is 3.04. The fourth-order valence-corrected chi connectivity index (χ4v) is 2.08. The Bertz CT molecular complexity index is 728. The Labute approximate surface area is 119 Å². The number of aromatic amines is 1. The summed E-state index contributed by atoms with van der Waals surface area (Å²) in [5.74, 6) is -2.47. The number of benzene rings is 1. The summed E-state index contributed by atoms with van der Waals surface area (Å²) < 4.78 is 33.2. The van der Waals surface area contributed by atoms with Crippen LogP contribution in [0.15, 0.2) is 12.1 Å². The lowest BCUT2D eigenvalue weighted by molar-refractivity contribution is -0.155. The van der Waals surface area contributed by atoms with Crippen molar-refractivity contribution in [2.75, 3.05) is 0 Å². The van der Waals surface area contributed by atoms with E-state index in [0.29, 0.717) is 11.0 Å². The summed E-state index contributed by atoms with van der Waals surface area (Å²) in [5.41, 5.74) is 0.0279. The van der Waals surface area contributed by atoms with Crippen LogP contribution in [0.3, 0.4) is 0 Å². The maximum absolute atomic E-state index is 13.3. The van der Waals surface area contributed by atoms with Gasteiger partial charge in [-0.15, -0.1) is 0 Å². The van der Waals surface area contributed by atoms with Gasteiger partial charge in [0.2, 0.25) is 0 Å². The maximum atomic E-state index is 13.3. The molecule has 1 aromatic carbocycles. The summed E-state index contributed by atoms with van der Waals surface area (Å²) in [5, 5.41) is 0. The fraction of sp³-hybridized carbons (Fsp3) is 0.385. The molecule has 0 aliphatic carbocycles. The van der Waals surface area contributed by atoms with Crippen molar-refractivity contribution in [3.05, 3.63) is 28.5 Å². The monoisotopic (exact) mass is 300 g/mol. The van der Waals surface area contributed by atoms with Crippen molar-refractivity contribution in [2.45, 2.75) is 32.9 Å². The predicted octanol–water partition coefficient (Wildman–Crippen LogP) is 3.32. The Hall–Kier alpha value is -1.76. The molecule has 0 amide bonds. The molecule has 2 aromatic rings. The molecule has 0 aliphatic rings. The van der Waals surface area contributed by atoms with Gasteiger partial charge in [0.25, 0.3) is 0 Å². The molecule has 0 radical (unpaired) electrons. The van der Waals surface area contributed by atoms with Gasteiger partial charge in [-0.1, -0.05) is 0 Å². The van der Waals surface area contributed by atoms with Gasteiger partial charge in [0.1, 0.15) is 12.1 Å². The van der Waals surface area contributed by atoms with Crippen molar-refractivity contribution in [2.24, 2.45) is 0 Å². The van der Waals surface area contributed by atoms with E-state index in [1.54, 1.807) is 20.8 Å². The lowest BCUT2D eigenvalue weighted by Crippen LogP contribution is -2.26. The van der Waals surface area contributed by atoms with Gasteiger partial charge in [-0.2, -0.15) is 0 Å². The van der Waals surface area contributed by atoms with Gasteiger partial charge >= 0.3 is 5.97 Å². The zero-order valence-electron chi connectivity index (χ0n) is 11.3. The van der Waals surface area contributed by atoms with Crippen molar-refractivity contribution in [3.63, 3.8) is 0 Å². The first kappa shape index (κ1) is 14.6. The predicted molar refractivity (Wildman–Crippen MR) is 72.9 cm³/mol. The molecular weight excluding hydrogens is 286 g/mol. The van der Waals surface area contributed by atoms with Gasteiger partial charge in [-0.3, -0.25) is 4.79 Å². The standard InChI is InChI=1S/C13H14F2N2O2S/c1-13(2,3)19-11(18)6-17-10-5-8(15)7(14)4-9(10)16-12(17)20/h4-5H,6H2,1-3H3,(H,16,20). The van der Waals surface area contributed by atoms with Crippen LogP contribution >= 0.6 is 12.2 Å². The maximum Gasteiger partial charge on any atom is 0.326 e. The number of esters is 1. The molecule has 0 saturated heterocycles. The highest BCUT2D eigenvalue weighted by Gasteiger charge is 2.18. The number of ether oxygens (including phenoxy) is 1. The van der Waals surface area contributed by atoms with E-state index in [2.05, 4.69) is 4.98 Å². The minimum Gasteiger partial charge on any atom is -0.459 e. The molecule has 2 rings (SSSR count). The minimum absolute atomic E-state index is 0.166. The van der Waals surface area contributed by atoms with Crippen LogP contribution in [-0.2, 0) is 16.1 Å².